The quantitative estimate of drug-likeness (QED) is 0.768. The van der Waals surface area contributed by atoms with Gasteiger partial charge >= 0.3 is 7.60 Å². The number of fused-ring (bicyclic) bond motifs is 1. The zero-order valence-corrected chi connectivity index (χ0v) is 15.2. The van der Waals surface area contributed by atoms with Gasteiger partial charge in [0.2, 0.25) is 5.91 Å². The van der Waals surface area contributed by atoms with E-state index in [-0.39, 0.29) is 25.5 Å². The molecule has 8 heteroatoms. The minimum atomic E-state index is -3.45. The highest BCUT2D eigenvalue weighted by Crippen LogP contribution is 2.59. The molecule has 0 saturated carbocycles. The lowest BCUT2D eigenvalue weighted by Gasteiger charge is -2.37. The number of rotatable bonds is 5. The molecule has 0 radical (unpaired) electrons. The van der Waals surface area contributed by atoms with Crippen LogP contribution in [0, 0.1) is 0 Å². The number of aliphatic hydroxyl groups excluding tert-OH is 1. The molecule has 1 N–H and O–H groups in total. The van der Waals surface area contributed by atoms with Crippen molar-refractivity contribution in [2.45, 2.75) is 65.0 Å². The van der Waals surface area contributed by atoms with E-state index in [0.29, 0.717) is 5.31 Å². The van der Waals surface area contributed by atoms with Crippen LogP contribution in [0.25, 0.3) is 0 Å². The van der Waals surface area contributed by atoms with E-state index in [9.17, 15) is 14.5 Å². The topological polar surface area (TPSA) is 85.3 Å². The molecule has 1 saturated heterocycles. The van der Waals surface area contributed by atoms with Crippen molar-refractivity contribution >= 4 is 13.5 Å². The lowest BCUT2D eigenvalue weighted by atomic mass is 9.94. The lowest BCUT2D eigenvalue weighted by Crippen LogP contribution is -2.52. The van der Waals surface area contributed by atoms with Gasteiger partial charge in [-0.25, -0.2) is 0 Å². The van der Waals surface area contributed by atoms with Gasteiger partial charge < -0.3 is 23.8 Å². The zero-order valence-electron chi connectivity index (χ0n) is 14.3. The van der Waals surface area contributed by atoms with Gasteiger partial charge in [-0.15, -0.1) is 0 Å². The number of ether oxygens (including phenoxy) is 1. The van der Waals surface area contributed by atoms with E-state index < -0.39 is 31.6 Å². The average Bonchev–Trinajstić information content (AvgIpc) is 2.69. The van der Waals surface area contributed by atoms with E-state index in [1.54, 1.807) is 38.7 Å². The molecule has 132 valence electrons. The van der Waals surface area contributed by atoms with Crippen molar-refractivity contribution in [1.29, 1.82) is 0 Å². The molecule has 0 spiro atoms. The van der Waals surface area contributed by atoms with Crippen LogP contribution < -0.4 is 0 Å². The fourth-order valence-corrected chi connectivity index (χ4v) is 5.24. The maximum Gasteiger partial charge on any atom is 0.357 e. The maximum absolute atomic E-state index is 12.9. The minimum absolute atomic E-state index is 0.127. The van der Waals surface area contributed by atoms with Crippen LogP contribution in [0.3, 0.4) is 0 Å². The summed E-state index contributed by atoms with van der Waals surface area (Å²) < 4.78 is 29.5. The Kier molecular flexibility index (Phi) is 5.38. The highest BCUT2D eigenvalue weighted by atomic mass is 31.2. The molecule has 2 aliphatic rings. The fraction of sp³-hybridized carbons (Fsp3) is 0.800. The van der Waals surface area contributed by atoms with Crippen LogP contribution in [-0.2, 0) is 23.1 Å². The van der Waals surface area contributed by atoms with Crippen molar-refractivity contribution in [3.63, 3.8) is 0 Å². The molecule has 1 heterocycles. The predicted molar refractivity (Wildman–Crippen MR) is 84.8 cm³/mol. The number of hydrogen-bond acceptors (Lipinski definition) is 6. The van der Waals surface area contributed by atoms with E-state index in [0.717, 1.165) is 0 Å². The third kappa shape index (κ3) is 3.39. The predicted octanol–water partition coefficient (Wildman–Crippen LogP) is 2.25. The molecule has 23 heavy (non-hydrogen) atoms. The summed E-state index contributed by atoms with van der Waals surface area (Å²) in [7, 11) is -3.45. The Morgan fingerprint density at radius 3 is 2.48 bits per heavy atom. The Morgan fingerprint density at radius 2 is 2.00 bits per heavy atom. The van der Waals surface area contributed by atoms with Crippen molar-refractivity contribution in [3.8, 4) is 0 Å². The average molecular weight is 347 g/mol. The van der Waals surface area contributed by atoms with Crippen LogP contribution in [0.1, 0.15) is 41.0 Å². The number of nitrogens with zero attached hydrogens (tertiary/aromatic N) is 1. The van der Waals surface area contributed by atoms with Gasteiger partial charge in [-0.2, -0.15) is 0 Å². The normalized spacial score (nSPS) is 30.1. The summed E-state index contributed by atoms with van der Waals surface area (Å²) in [5.74, 6) is -0.170. The number of carbonyl (C=O) groups is 1. The van der Waals surface area contributed by atoms with Gasteiger partial charge in [0.25, 0.3) is 0 Å². The summed E-state index contributed by atoms with van der Waals surface area (Å²) in [6.45, 7) is 8.96. The van der Waals surface area contributed by atoms with Crippen molar-refractivity contribution in [2.24, 2.45) is 0 Å². The molecule has 1 aliphatic heterocycles. The van der Waals surface area contributed by atoms with Gasteiger partial charge in [0.1, 0.15) is 11.8 Å². The van der Waals surface area contributed by atoms with Gasteiger partial charge in [-0.3, -0.25) is 9.36 Å². The van der Waals surface area contributed by atoms with Gasteiger partial charge in [-0.1, -0.05) is 0 Å². The highest BCUT2D eigenvalue weighted by Gasteiger charge is 2.54. The maximum atomic E-state index is 12.9. The van der Waals surface area contributed by atoms with Gasteiger partial charge in [0.15, 0.2) is 0 Å². The third-order valence-electron chi connectivity index (χ3n) is 4.10. The Morgan fingerprint density at radius 1 is 1.43 bits per heavy atom. The summed E-state index contributed by atoms with van der Waals surface area (Å²) in [6.07, 6.45) is 0.386. The summed E-state index contributed by atoms with van der Waals surface area (Å²) in [5, 5.41) is 11.0. The summed E-state index contributed by atoms with van der Waals surface area (Å²) in [6, 6.07) is -0.497. The first-order valence-corrected chi connectivity index (χ1v) is 9.46. The van der Waals surface area contributed by atoms with Crippen LogP contribution in [0.5, 0.6) is 0 Å². The number of aliphatic hydroxyl groups is 1. The second-order valence-electron chi connectivity index (χ2n) is 6.17. The monoisotopic (exact) mass is 347 g/mol. The van der Waals surface area contributed by atoms with E-state index >= 15 is 0 Å². The fourth-order valence-electron chi connectivity index (χ4n) is 3.42. The molecule has 2 rings (SSSR count). The van der Waals surface area contributed by atoms with Crippen molar-refractivity contribution in [1.82, 2.24) is 4.90 Å². The first-order valence-electron chi connectivity index (χ1n) is 7.92. The SMILES string of the molecule is CCOP(=O)(OCC)C1=C[C@@H]2OC(C)(C)N(C(C)=O)C2[C@H](O)C1. The molecular formula is C15H26NO6P. The van der Waals surface area contributed by atoms with Crippen molar-refractivity contribution < 1.29 is 28.3 Å². The molecule has 1 fully saturated rings. The molecule has 0 aromatic carbocycles. The molecule has 0 aromatic heterocycles. The second-order valence-corrected chi connectivity index (χ2v) is 8.26. The lowest BCUT2D eigenvalue weighted by molar-refractivity contribution is -0.146. The largest absolute Gasteiger partial charge is 0.391 e. The van der Waals surface area contributed by atoms with E-state index in [2.05, 4.69) is 0 Å². The molecule has 0 aromatic rings. The standard InChI is InChI=1S/C15H26NO6P/c1-6-20-23(19,21-7-2)11-8-12(18)14-13(9-11)22-15(4,5)16(14)10(3)17/h9,12-14,18H,6-8H2,1-5H3/t12-,13+,14?/m1/s1. The van der Waals surface area contributed by atoms with Crippen molar-refractivity contribution in [3.05, 3.63) is 11.4 Å². The van der Waals surface area contributed by atoms with Crippen LogP contribution in [0.15, 0.2) is 11.4 Å². The molecule has 1 amide bonds. The summed E-state index contributed by atoms with van der Waals surface area (Å²) in [5.41, 5.74) is -0.838. The Labute approximate surface area is 137 Å². The third-order valence-corrected chi connectivity index (χ3v) is 6.33. The summed E-state index contributed by atoms with van der Waals surface area (Å²) >= 11 is 0. The molecule has 1 unspecified atom stereocenters. The van der Waals surface area contributed by atoms with E-state index in [4.69, 9.17) is 13.8 Å². The smallest absolute Gasteiger partial charge is 0.357 e. The molecule has 3 atom stereocenters. The van der Waals surface area contributed by atoms with Gasteiger partial charge in [-0.05, 0) is 33.8 Å². The van der Waals surface area contributed by atoms with Gasteiger partial charge in [0, 0.05) is 18.7 Å². The number of carbonyl (C=O) groups excluding carboxylic acids is 1. The zero-order chi connectivity index (χ0) is 17.4. The molecular weight excluding hydrogens is 321 g/mol. The molecule has 7 nitrogen and oxygen atoms in total. The molecule has 0 bridgehead atoms. The second kappa shape index (κ2) is 6.65. The Balaban J connectivity index is 2.38. The minimum Gasteiger partial charge on any atom is -0.391 e. The van der Waals surface area contributed by atoms with E-state index in [1.165, 1.54) is 6.92 Å². The van der Waals surface area contributed by atoms with Crippen molar-refractivity contribution in [2.75, 3.05) is 13.2 Å². The van der Waals surface area contributed by atoms with E-state index in [1.807, 2.05) is 0 Å². The van der Waals surface area contributed by atoms with Crippen LogP contribution in [0.2, 0.25) is 0 Å². The summed E-state index contributed by atoms with van der Waals surface area (Å²) in [4.78, 5) is 13.5. The first-order chi connectivity index (χ1) is 10.7. The first kappa shape index (κ1) is 18.6. The van der Waals surface area contributed by atoms with Crippen LogP contribution in [-0.4, -0.2) is 53.1 Å². The van der Waals surface area contributed by atoms with Crippen LogP contribution in [0.4, 0.5) is 0 Å². The van der Waals surface area contributed by atoms with Gasteiger partial charge in [0.05, 0.1) is 25.4 Å². The van der Waals surface area contributed by atoms with Crippen LogP contribution >= 0.6 is 7.60 Å². The number of hydrogen-bond donors (Lipinski definition) is 1. The Bertz CT molecular complexity index is 536. The Hall–Kier alpha value is -0.720. The number of amides is 1. The highest BCUT2D eigenvalue weighted by molar-refractivity contribution is 7.58. The molecule has 1 aliphatic carbocycles.